The second kappa shape index (κ2) is 6.34. The Morgan fingerprint density at radius 3 is 2.48 bits per heavy atom. The summed E-state index contributed by atoms with van der Waals surface area (Å²) in [5.74, 6) is -0.768. The second-order valence-electron chi connectivity index (χ2n) is 5.03. The summed E-state index contributed by atoms with van der Waals surface area (Å²) in [6.07, 6.45) is 1.62. The van der Waals surface area contributed by atoms with Gasteiger partial charge < -0.3 is 5.32 Å². The van der Waals surface area contributed by atoms with E-state index in [0.29, 0.717) is 5.56 Å². The third-order valence-corrected chi connectivity index (χ3v) is 4.14. The zero-order valence-corrected chi connectivity index (χ0v) is 13.5. The van der Waals surface area contributed by atoms with Gasteiger partial charge in [0, 0.05) is 4.47 Å². The molecule has 1 aliphatic heterocycles. The fourth-order valence-electron chi connectivity index (χ4n) is 2.24. The highest BCUT2D eigenvalue weighted by Gasteiger charge is 2.33. The predicted molar refractivity (Wildman–Crippen MR) is 87.6 cm³/mol. The zero-order chi connectivity index (χ0) is 16.4. The number of nitrogens with one attached hydrogen (secondary N) is 1. The van der Waals surface area contributed by atoms with Crippen LogP contribution in [-0.2, 0) is 11.3 Å². The topological polar surface area (TPSA) is 49.4 Å². The first kappa shape index (κ1) is 15.4. The lowest BCUT2D eigenvalue weighted by molar-refractivity contribution is -0.123. The molecule has 1 aliphatic rings. The molecule has 0 aromatic heterocycles. The van der Waals surface area contributed by atoms with Crippen molar-refractivity contribution < 1.29 is 14.0 Å². The number of rotatable bonds is 3. The van der Waals surface area contributed by atoms with Crippen LogP contribution < -0.4 is 5.32 Å². The maximum absolute atomic E-state index is 12.9. The molecule has 1 saturated heterocycles. The van der Waals surface area contributed by atoms with Crippen molar-refractivity contribution >= 4 is 33.9 Å². The number of nitrogens with zero attached hydrogens (tertiary/aromatic N) is 1. The Morgan fingerprint density at radius 2 is 1.78 bits per heavy atom. The molecule has 2 aromatic carbocycles. The van der Waals surface area contributed by atoms with E-state index in [4.69, 9.17) is 0 Å². The summed E-state index contributed by atoms with van der Waals surface area (Å²) >= 11 is 3.40. The van der Waals surface area contributed by atoms with Gasteiger partial charge in [-0.25, -0.2) is 9.18 Å². The van der Waals surface area contributed by atoms with Crippen molar-refractivity contribution in [3.05, 3.63) is 75.6 Å². The monoisotopic (exact) mass is 374 g/mol. The number of halogens is 2. The number of carbonyl (C=O) groups excluding carboxylic acids is 2. The summed E-state index contributed by atoms with van der Waals surface area (Å²) in [6.45, 7) is 0.0955. The number of hydrogen-bond acceptors (Lipinski definition) is 2. The quantitative estimate of drug-likeness (QED) is 0.657. The molecule has 0 aliphatic carbocycles. The highest BCUT2D eigenvalue weighted by atomic mass is 79.9. The summed E-state index contributed by atoms with van der Waals surface area (Å²) in [7, 11) is 0. The Labute approximate surface area is 140 Å². The van der Waals surface area contributed by atoms with Crippen LogP contribution in [-0.4, -0.2) is 16.8 Å². The third-order valence-electron chi connectivity index (χ3n) is 3.42. The Morgan fingerprint density at radius 1 is 1.09 bits per heavy atom. The van der Waals surface area contributed by atoms with Crippen LogP contribution >= 0.6 is 15.9 Å². The van der Waals surface area contributed by atoms with E-state index in [2.05, 4.69) is 21.2 Å². The molecule has 116 valence electrons. The number of imide groups is 1. The van der Waals surface area contributed by atoms with Gasteiger partial charge in [0.15, 0.2) is 0 Å². The number of hydrogen-bond donors (Lipinski definition) is 1. The molecule has 0 saturated carbocycles. The average Bonchev–Trinajstić information content (AvgIpc) is 2.79. The van der Waals surface area contributed by atoms with Crippen LogP contribution in [0, 0.1) is 5.82 Å². The molecular weight excluding hydrogens is 363 g/mol. The first-order valence-electron chi connectivity index (χ1n) is 6.88. The van der Waals surface area contributed by atoms with E-state index in [1.54, 1.807) is 18.2 Å². The van der Waals surface area contributed by atoms with Crippen molar-refractivity contribution in [1.29, 1.82) is 0 Å². The molecule has 3 rings (SSSR count). The lowest BCUT2D eigenvalue weighted by Gasteiger charge is -2.11. The highest BCUT2D eigenvalue weighted by molar-refractivity contribution is 9.10. The van der Waals surface area contributed by atoms with Crippen molar-refractivity contribution in [2.45, 2.75) is 6.54 Å². The molecule has 6 heteroatoms. The van der Waals surface area contributed by atoms with Crippen molar-refractivity contribution in [3.63, 3.8) is 0 Å². The van der Waals surface area contributed by atoms with Gasteiger partial charge in [-0.05, 0) is 35.4 Å². The van der Waals surface area contributed by atoms with Gasteiger partial charge in [0.2, 0.25) is 0 Å². The van der Waals surface area contributed by atoms with Crippen molar-refractivity contribution in [3.8, 4) is 0 Å². The van der Waals surface area contributed by atoms with Crippen LogP contribution in [0.25, 0.3) is 6.08 Å². The van der Waals surface area contributed by atoms with E-state index in [9.17, 15) is 14.0 Å². The van der Waals surface area contributed by atoms with Crippen LogP contribution in [0.4, 0.5) is 9.18 Å². The predicted octanol–water partition coefficient (Wildman–Crippen LogP) is 3.68. The minimum atomic E-state index is -0.488. The Balaban J connectivity index is 1.82. The first-order chi connectivity index (χ1) is 11.0. The minimum absolute atomic E-state index is 0.0955. The van der Waals surface area contributed by atoms with Gasteiger partial charge in [0.05, 0.1) is 6.54 Å². The van der Waals surface area contributed by atoms with Gasteiger partial charge in [0.25, 0.3) is 5.91 Å². The van der Waals surface area contributed by atoms with E-state index in [1.165, 1.54) is 12.1 Å². The fraction of sp³-hybridized carbons (Fsp3) is 0.0588. The minimum Gasteiger partial charge on any atom is -0.303 e. The maximum Gasteiger partial charge on any atom is 0.329 e. The van der Waals surface area contributed by atoms with Gasteiger partial charge in [0.1, 0.15) is 11.5 Å². The molecule has 1 fully saturated rings. The molecule has 0 atom stereocenters. The molecule has 1 N–H and O–H groups in total. The van der Waals surface area contributed by atoms with Crippen LogP contribution in [0.3, 0.4) is 0 Å². The molecule has 3 amide bonds. The molecule has 0 spiro atoms. The largest absolute Gasteiger partial charge is 0.329 e. The molecule has 4 nitrogen and oxygen atoms in total. The van der Waals surface area contributed by atoms with Crippen molar-refractivity contribution in [2.24, 2.45) is 0 Å². The Hall–Kier alpha value is -2.47. The molecule has 0 bridgehead atoms. The van der Waals surface area contributed by atoms with Gasteiger partial charge in [-0.15, -0.1) is 0 Å². The van der Waals surface area contributed by atoms with Gasteiger partial charge in [-0.2, -0.15) is 0 Å². The number of carbonyl (C=O) groups is 2. The lowest BCUT2D eigenvalue weighted by atomic mass is 10.2. The van der Waals surface area contributed by atoms with Crippen LogP contribution in [0.1, 0.15) is 11.1 Å². The summed E-state index contributed by atoms with van der Waals surface area (Å²) in [5, 5.41) is 2.56. The van der Waals surface area contributed by atoms with E-state index in [-0.39, 0.29) is 18.1 Å². The van der Waals surface area contributed by atoms with Gasteiger partial charge in [-0.1, -0.05) is 46.3 Å². The zero-order valence-electron chi connectivity index (χ0n) is 11.9. The summed E-state index contributed by atoms with van der Waals surface area (Å²) < 4.78 is 13.7. The smallest absolute Gasteiger partial charge is 0.303 e. The third kappa shape index (κ3) is 3.32. The van der Waals surface area contributed by atoms with Crippen LogP contribution in [0.2, 0.25) is 0 Å². The average molecular weight is 375 g/mol. The van der Waals surface area contributed by atoms with E-state index in [0.717, 1.165) is 14.9 Å². The van der Waals surface area contributed by atoms with Crippen LogP contribution in [0.15, 0.2) is 58.7 Å². The molecule has 0 unspecified atom stereocenters. The summed E-state index contributed by atoms with van der Waals surface area (Å²) in [6, 6.07) is 12.6. The summed E-state index contributed by atoms with van der Waals surface area (Å²) in [5.41, 5.74) is 1.68. The fourth-order valence-corrected chi connectivity index (χ4v) is 2.63. The summed E-state index contributed by atoms with van der Waals surface area (Å²) in [4.78, 5) is 25.5. The van der Waals surface area contributed by atoms with E-state index >= 15 is 0 Å². The van der Waals surface area contributed by atoms with E-state index in [1.807, 2.05) is 24.3 Å². The molecular formula is C17H12BrFN2O2. The van der Waals surface area contributed by atoms with Gasteiger partial charge >= 0.3 is 6.03 Å². The van der Waals surface area contributed by atoms with Crippen molar-refractivity contribution in [1.82, 2.24) is 10.2 Å². The van der Waals surface area contributed by atoms with Gasteiger partial charge in [-0.3, -0.25) is 9.69 Å². The lowest BCUT2D eigenvalue weighted by Crippen LogP contribution is -2.30. The van der Waals surface area contributed by atoms with E-state index < -0.39 is 11.9 Å². The Bertz CT molecular complexity index is 802. The number of amides is 3. The van der Waals surface area contributed by atoms with Crippen LogP contribution in [0.5, 0.6) is 0 Å². The highest BCUT2D eigenvalue weighted by Crippen LogP contribution is 2.21. The normalized spacial score (nSPS) is 16.1. The molecule has 2 aromatic rings. The second-order valence-corrected chi connectivity index (χ2v) is 5.88. The first-order valence-corrected chi connectivity index (χ1v) is 7.67. The number of urea groups is 1. The molecule has 23 heavy (non-hydrogen) atoms. The Kier molecular flexibility index (Phi) is 4.25. The number of benzene rings is 2. The molecule has 1 heterocycles. The SMILES string of the molecule is O=C1N/C(=C\c2ccccc2Br)C(=O)N1Cc1ccc(F)cc1. The standard InChI is InChI=1S/C17H12BrFN2O2/c18-14-4-2-1-3-12(14)9-15-16(22)21(17(23)20-15)10-11-5-7-13(19)8-6-11/h1-9H,10H2,(H,20,23)/b15-9-. The van der Waals surface area contributed by atoms with Crippen molar-refractivity contribution in [2.75, 3.05) is 0 Å². The maximum atomic E-state index is 12.9. The molecule has 0 radical (unpaired) electrons.